The lowest BCUT2D eigenvalue weighted by molar-refractivity contribution is -0.151. The van der Waals surface area contributed by atoms with E-state index >= 15 is 0 Å². The molecule has 2 heterocycles. The predicted molar refractivity (Wildman–Crippen MR) is 151 cm³/mol. The molecule has 2 aromatic carbocycles. The third-order valence-corrected chi connectivity index (χ3v) is 7.13. The van der Waals surface area contributed by atoms with Crippen LogP contribution in [0.4, 0.5) is 0 Å². The summed E-state index contributed by atoms with van der Waals surface area (Å²) in [6, 6.07) is 15.3. The quantitative estimate of drug-likeness (QED) is 0.193. The van der Waals surface area contributed by atoms with Crippen LogP contribution in [0.5, 0.6) is 0 Å². The van der Waals surface area contributed by atoms with Gasteiger partial charge in [0.25, 0.3) is 0 Å². The highest BCUT2D eigenvalue weighted by molar-refractivity contribution is 7.98. The average Bonchev–Trinajstić information content (AvgIpc) is 3.60. The molecule has 4 aromatic rings. The molecule has 9 nitrogen and oxygen atoms in total. The molecule has 0 amide bonds. The van der Waals surface area contributed by atoms with Crippen LogP contribution in [0.25, 0.3) is 22.5 Å². The number of tetrazole rings is 1. The van der Waals surface area contributed by atoms with Crippen molar-refractivity contribution in [3.05, 3.63) is 70.8 Å². The van der Waals surface area contributed by atoms with E-state index in [1.165, 1.54) is 0 Å². The first-order valence-electron chi connectivity index (χ1n) is 12.6. The van der Waals surface area contributed by atoms with E-state index in [0.717, 1.165) is 53.1 Å². The third-order valence-electron chi connectivity index (χ3n) is 6.19. The van der Waals surface area contributed by atoms with E-state index in [9.17, 15) is 4.79 Å². The van der Waals surface area contributed by atoms with E-state index in [4.69, 9.17) is 22.1 Å². The lowest BCUT2D eigenvalue weighted by atomic mass is 9.95. The fraction of sp³-hybridized carbons (Fsp3) is 0.370. The van der Waals surface area contributed by atoms with Crippen LogP contribution in [-0.4, -0.2) is 54.6 Å². The maximum atomic E-state index is 12.9. The van der Waals surface area contributed by atoms with E-state index in [2.05, 4.69) is 37.5 Å². The Morgan fingerprint density at radius 3 is 2.71 bits per heavy atom. The zero-order valence-electron chi connectivity index (χ0n) is 21.5. The fourth-order valence-electron chi connectivity index (χ4n) is 4.15. The summed E-state index contributed by atoms with van der Waals surface area (Å²) in [5.74, 6) is 1.54. The van der Waals surface area contributed by atoms with E-state index in [0.29, 0.717) is 29.5 Å². The van der Waals surface area contributed by atoms with Crippen molar-refractivity contribution in [1.29, 1.82) is 0 Å². The Hall–Kier alpha value is -3.21. The number of unbranched alkanes of at least 4 members (excludes halogenated alkanes) is 1. The van der Waals surface area contributed by atoms with Gasteiger partial charge in [0.15, 0.2) is 5.15 Å². The molecule has 0 spiro atoms. The van der Waals surface area contributed by atoms with Gasteiger partial charge in [-0.3, -0.25) is 4.79 Å². The van der Waals surface area contributed by atoms with E-state index < -0.39 is 18.1 Å². The van der Waals surface area contributed by atoms with Crippen molar-refractivity contribution in [3.63, 3.8) is 0 Å². The number of nitrogens with two attached hydrogens (primary N) is 1. The highest BCUT2D eigenvalue weighted by Gasteiger charge is 2.27. The highest BCUT2D eigenvalue weighted by Crippen LogP contribution is 2.34. The van der Waals surface area contributed by atoms with Crippen LogP contribution in [0.1, 0.15) is 49.4 Å². The normalized spacial score (nSPS) is 12.8. The van der Waals surface area contributed by atoms with Gasteiger partial charge in [0.1, 0.15) is 18.0 Å². The molecule has 0 aliphatic carbocycles. The van der Waals surface area contributed by atoms with Crippen LogP contribution < -0.4 is 5.73 Å². The van der Waals surface area contributed by atoms with Gasteiger partial charge in [0.2, 0.25) is 5.82 Å². The first-order chi connectivity index (χ1) is 18.5. The minimum atomic E-state index is -0.721. The van der Waals surface area contributed by atoms with Gasteiger partial charge >= 0.3 is 5.97 Å². The first kappa shape index (κ1) is 27.8. The van der Waals surface area contributed by atoms with Crippen molar-refractivity contribution in [2.24, 2.45) is 5.73 Å². The summed E-state index contributed by atoms with van der Waals surface area (Å²) in [4.78, 5) is 20.7. The first-order valence-corrected chi connectivity index (χ1v) is 14.4. The number of benzene rings is 2. The van der Waals surface area contributed by atoms with Crippen molar-refractivity contribution in [1.82, 2.24) is 30.6 Å². The van der Waals surface area contributed by atoms with Crippen molar-refractivity contribution in [3.8, 4) is 22.5 Å². The maximum Gasteiger partial charge on any atom is 0.323 e. The second-order valence-electron chi connectivity index (χ2n) is 8.99. The fourth-order valence-corrected chi connectivity index (χ4v) is 4.91. The Balaban J connectivity index is 1.68. The lowest BCUT2D eigenvalue weighted by Crippen LogP contribution is -2.34. The second-order valence-corrected chi connectivity index (χ2v) is 10.3. The lowest BCUT2D eigenvalue weighted by Gasteiger charge is -2.20. The number of ether oxygens (including phenoxy) is 1. The van der Waals surface area contributed by atoms with E-state index in [-0.39, 0.29) is 0 Å². The molecule has 0 bridgehead atoms. The van der Waals surface area contributed by atoms with Gasteiger partial charge in [-0.05, 0) is 52.8 Å². The minimum absolute atomic E-state index is 0.297. The number of nitrogens with zero attached hydrogens (tertiary/aromatic N) is 4. The molecule has 2 atom stereocenters. The summed E-state index contributed by atoms with van der Waals surface area (Å²) >= 11 is 8.18. The molecule has 0 fully saturated rings. The Labute approximate surface area is 231 Å². The number of aryl methyl sites for hydroxylation is 1. The molecular weight excluding hydrogens is 522 g/mol. The Morgan fingerprint density at radius 2 is 2.00 bits per heavy atom. The zero-order chi connectivity index (χ0) is 26.9. The predicted octanol–water partition coefficient (Wildman–Crippen LogP) is 5.16. The molecule has 4 rings (SSSR count). The molecule has 38 heavy (non-hydrogen) atoms. The van der Waals surface area contributed by atoms with Gasteiger partial charge < -0.3 is 15.5 Å². The number of aromatic nitrogens is 6. The summed E-state index contributed by atoms with van der Waals surface area (Å²) in [6.07, 6.45) is 4.93. The summed E-state index contributed by atoms with van der Waals surface area (Å²) in [6.45, 7) is 2.12. The van der Waals surface area contributed by atoms with E-state index in [1.807, 2.05) is 54.8 Å². The molecule has 11 heteroatoms. The highest BCUT2D eigenvalue weighted by atomic mass is 35.5. The van der Waals surface area contributed by atoms with Crippen LogP contribution in [0.2, 0.25) is 5.15 Å². The Kier molecular flexibility index (Phi) is 9.91. The van der Waals surface area contributed by atoms with Crippen LogP contribution in [0, 0.1) is 0 Å². The number of carbonyl (C=O) groups is 1. The number of imidazole rings is 1. The summed E-state index contributed by atoms with van der Waals surface area (Å²) in [5.41, 5.74) is 10.4. The summed E-state index contributed by atoms with van der Waals surface area (Å²) < 4.78 is 5.96. The smallest absolute Gasteiger partial charge is 0.323 e. The van der Waals surface area contributed by atoms with Gasteiger partial charge in [0.05, 0.1) is 5.69 Å². The van der Waals surface area contributed by atoms with Crippen LogP contribution in [-0.2, 0) is 22.4 Å². The number of halogens is 1. The van der Waals surface area contributed by atoms with Gasteiger partial charge in [-0.25, -0.2) is 4.98 Å². The monoisotopic (exact) mass is 553 g/mol. The number of aromatic amines is 2. The summed E-state index contributed by atoms with van der Waals surface area (Å²) in [5, 5.41) is 15.0. The van der Waals surface area contributed by atoms with Crippen molar-refractivity contribution in [2.45, 2.75) is 51.2 Å². The number of thioether (sulfide) groups is 1. The molecule has 0 unspecified atom stereocenters. The second kappa shape index (κ2) is 13.5. The third kappa shape index (κ3) is 7.00. The number of rotatable bonds is 13. The van der Waals surface area contributed by atoms with Gasteiger partial charge in [-0.15, -0.1) is 10.2 Å². The van der Waals surface area contributed by atoms with Crippen LogP contribution in [0.15, 0.2) is 48.5 Å². The number of hydrogen-bond acceptors (Lipinski definition) is 8. The molecule has 2 aromatic heterocycles. The van der Waals surface area contributed by atoms with Crippen molar-refractivity contribution < 1.29 is 9.53 Å². The minimum Gasteiger partial charge on any atom is -0.454 e. The molecule has 0 aliphatic rings. The zero-order valence-corrected chi connectivity index (χ0v) is 23.1. The van der Waals surface area contributed by atoms with Crippen molar-refractivity contribution in [2.75, 3.05) is 12.0 Å². The van der Waals surface area contributed by atoms with Gasteiger partial charge in [0, 0.05) is 18.4 Å². The van der Waals surface area contributed by atoms with Gasteiger partial charge in [-0.1, -0.05) is 67.4 Å². The molecule has 0 saturated carbocycles. The molecule has 4 N–H and O–H groups in total. The number of nitrogens with one attached hydrogen (secondary N) is 2. The Morgan fingerprint density at radius 1 is 1.18 bits per heavy atom. The van der Waals surface area contributed by atoms with E-state index in [1.54, 1.807) is 11.8 Å². The number of esters is 1. The van der Waals surface area contributed by atoms with Crippen molar-refractivity contribution >= 4 is 29.3 Å². The maximum absolute atomic E-state index is 12.9. The number of H-pyrrole nitrogens is 2. The number of hydrogen-bond donors (Lipinski definition) is 3. The largest absolute Gasteiger partial charge is 0.454 e. The van der Waals surface area contributed by atoms with Gasteiger partial charge in [-0.2, -0.15) is 17.0 Å². The van der Waals surface area contributed by atoms with Crippen LogP contribution in [0.3, 0.4) is 0 Å². The summed E-state index contributed by atoms with van der Waals surface area (Å²) in [7, 11) is 0. The van der Waals surface area contributed by atoms with Crippen LogP contribution >= 0.6 is 23.4 Å². The Bertz CT molecular complexity index is 1310. The molecule has 0 saturated heterocycles. The SMILES string of the molecule is CCCCc1nc(Cl)c([C@H](Cc2ccc(-c3ccccc3)c(-c3nn[nH]n3)c2)OC(=O)[C@@H](N)CCSC)[nH]1. The topological polar surface area (TPSA) is 135 Å². The molecule has 200 valence electrons. The number of carbonyl (C=O) groups excluding carboxylic acids is 1. The molecule has 0 aliphatic heterocycles. The standard InChI is InChI=1S/C27H32ClN7O2S/c1-3-4-10-23-30-24(25(28)31-23)22(37-27(36)21(29)13-14-38-2)16-17-11-12-19(18-8-6-5-7-9-18)20(15-17)26-32-34-35-33-26/h5-9,11-12,15,21-22H,3-4,10,13-14,16,29H2,1-2H3,(H,30,31)(H,32,33,34,35)/t21-,22-/m0/s1. The molecular formula is C27H32ClN7O2S. The molecule has 0 radical (unpaired) electrons. The average molecular weight is 554 g/mol.